The maximum absolute atomic E-state index is 13.3. The van der Waals surface area contributed by atoms with Crippen molar-refractivity contribution >= 4 is 16.6 Å². The van der Waals surface area contributed by atoms with Gasteiger partial charge in [0.2, 0.25) is 5.78 Å². The number of benzene rings is 3. The number of carbonyl (C=O) groups is 1. The Labute approximate surface area is 160 Å². The molecule has 2 nitrogen and oxygen atoms in total. The summed E-state index contributed by atoms with van der Waals surface area (Å²) in [5.41, 5.74) is 3.87. The highest BCUT2D eigenvalue weighted by Gasteiger charge is 2.49. The summed E-state index contributed by atoms with van der Waals surface area (Å²) in [5.74, 6) is 1.01. The molecule has 0 saturated carbocycles. The van der Waals surface area contributed by atoms with E-state index in [1.165, 1.54) is 21.9 Å². The van der Waals surface area contributed by atoms with Gasteiger partial charge in [-0.3, -0.25) is 4.79 Å². The van der Waals surface area contributed by atoms with E-state index in [1.54, 1.807) is 0 Å². The minimum Gasteiger partial charge on any atom is -0.478 e. The Morgan fingerprint density at radius 3 is 2.63 bits per heavy atom. The fourth-order valence-corrected chi connectivity index (χ4v) is 4.57. The molecule has 5 rings (SSSR count). The fraction of sp³-hybridized carbons (Fsp3) is 0.320. The van der Waals surface area contributed by atoms with Crippen molar-refractivity contribution in [2.45, 2.75) is 51.0 Å². The average molecular weight is 356 g/mol. The maximum atomic E-state index is 13.3. The van der Waals surface area contributed by atoms with Crippen molar-refractivity contribution in [1.82, 2.24) is 0 Å². The van der Waals surface area contributed by atoms with Crippen LogP contribution in [0.5, 0.6) is 5.75 Å². The second kappa shape index (κ2) is 5.45. The first-order valence-electron chi connectivity index (χ1n) is 9.75. The summed E-state index contributed by atoms with van der Waals surface area (Å²) >= 11 is 0. The van der Waals surface area contributed by atoms with E-state index in [0.29, 0.717) is 6.42 Å². The van der Waals surface area contributed by atoms with E-state index in [-0.39, 0.29) is 11.2 Å². The zero-order chi connectivity index (χ0) is 18.8. The van der Waals surface area contributed by atoms with E-state index in [2.05, 4.69) is 51.1 Å². The second-order valence-electron chi connectivity index (χ2n) is 8.99. The lowest BCUT2D eigenvalue weighted by atomic mass is 9.76. The molecule has 27 heavy (non-hydrogen) atoms. The van der Waals surface area contributed by atoms with Crippen molar-refractivity contribution < 1.29 is 9.53 Å². The van der Waals surface area contributed by atoms with Gasteiger partial charge in [-0.2, -0.15) is 0 Å². The van der Waals surface area contributed by atoms with E-state index in [4.69, 9.17) is 4.74 Å². The minimum absolute atomic E-state index is 0.119. The van der Waals surface area contributed by atoms with Crippen molar-refractivity contribution in [2.75, 3.05) is 0 Å². The van der Waals surface area contributed by atoms with Gasteiger partial charge in [-0.1, -0.05) is 69.3 Å². The third-order valence-electron chi connectivity index (χ3n) is 6.20. The highest BCUT2D eigenvalue weighted by Crippen LogP contribution is 2.45. The van der Waals surface area contributed by atoms with E-state index >= 15 is 0 Å². The zero-order valence-electron chi connectivity index (χ0n) is 16.1. The van der Waals surface area contributed by atoms with Crippen LogP contribution >= 0.6 is 0 Å². The molecule has 1 heterocycles. The van der Waals surface area contributed by atoms with Gasteiger partial charge in [0.05, 0.1) is 0 Å². The smallest absolute Gasteiger partial charge is 0.207 e. The van der Waals surface area contributed by atoms with Gasteiger partial charge in [-0.15, -0.1) is 0 Å². The Kier molecular flexibility index (Phi) is 3.34. The normalized spacial score (nSPS) is 21.2. The molecular weight excluding hydrogens is 332 g/mol. The average Bonchev–Trinajstić information content (AvgIpc) is 3.04. The summed E-state index contributed by atoms with van der Waals surface area (Å²) in [4.78, 5) is 13.3. The number of Topliss-reactive ketones (excluding diaryl/α,β-unsaturated/α-hetero) is 1. The first-order chi connectivity index (χ1) is 12.9. The quantitative estimate of drug-likeness (QED) is 0.521. The van der Waals surface area contributed by atoms with E-state index in [1.807, 2.05) is 24.3 Å². The van der Waals surface area contributed by atoms with Gasteiger partial charge in [0.25, 0.3) is 0 Å². The number of hydrogen-bond acceptors (Lipinski definition) is 2. The largest absolute Gasteiger partial charge is 0.478 e. The number of hydrogen-bond donors (Lipinski definition) is 0. The van der Waals surface area contributed by atoms with Crippen LogP contribution < -0.4 is 4.74 Å². The third kappa shape index (κ3) is 2.43. The molecule has 1 aliphatic carbocycles. The topological polar surface area (TPSA) is 26.3 Å². The number of rotatable bonds is 0. The zero-order valence-corrected chi connectivity index (χ0v) is 16.1. The summed E-state index contributed by atoms with van der Waals surface area (Å²) in [5, 5.41) is 2.44. The standard InChI is InChI=1S/C25H24O2/c1-24(2,3)18-9-10-19-17(14-18)8-11-22-21(19)15-25(27-22)13-12-16-6-4-5-7-20(16)23(25)26/h4-11,14H,12-13,15H2,1-3H3. The van der Waals surface area contributed by atoms with Gasteiger partial charge >= 0.3 is 0 Å². The monoisotopic (exact) mass is 356 g/mol. The molecule has 0 bridgehead atoms. The molecule has 0 amide bonds. The van der Waals surface area contributed by atoms with Crippen molar-refractivity contribution in [3.05, 3.63) is 76.9 Å². The van der Waals surface area contributed by atoms with E-state index < -0.39 is 5.60 Å². The van der Waals surface area contributed by atoms with Crippen LogP contribution in [-0.2, 0) is 18.3 Å². The summed E-state index contributed by atoms with van der Waals surface area (Å²) in [6, 6.07) is 18.8. The molecule has 1 spiro atoms. The predicted octanol–water partition coefficient (Wildman–Crippen LogP) is 5.64. The third-order valence-corrected chi connectivity index (χ3v) is 6.20. The molecule has 1 aliphatic heterocycles. The minimum atomic E-state index is -0.729. The van der Waals surface area contributed by atoms with Crippen molar-refractivity contribution in [3.8, 4) is 5.75 Å². The van der Waals surface area contributed by atoms with Gasteiger partial charge in [-0.25, -0.2) is 0 Å². The molecule has 1 atom stereocenters. The van der Waals surface area contributed by atoms with E-state index in [9.17, 15) is 4.79 Å². The Bertz CT molecular complexity index is 1090. The molecule has 136 valence electrons. The molecule has 2 heteroatoms. The lowest BCUT2D eigenvalue weighted by molar-refractivity contribution is 0.0477. The molecule has 3 aromatic rings. The van der Waals surface area contributed by atoms with Crippen molar-refractivity contribution in [1.29, 1.82) is 0 Å². The van der Waals surface area contributed by atoms with Gasteiger partial charge in [0.1, 0.15) is 5.75 Å². The first-order valence-corrected chi connectivity index (χ1v) is 9.75. The van der Waals surface area contributed by atoms with Gasteiger partial charge < -0.3 is 4.74 Å². The molecule has 1 unspecified atom stereocenters. The van der Waals surface area contributed by atoms with E-state index in [0.717, 1.165) is 29.7 Å². The fourth-order valence-electron chi connectivity index (χ4n) is 4.57. The Hall–Kier alpha value is -2.61. The number of aryl methyl sites for hydroxylation is 1. The van der Waals surface area contributed by atoms with Crippen molar-refractivity contribution in [3.63, 3.8) is 0 Å². The second-order valence-corrected chi connectivity index (χ2v) is 8.99. The number of ketones is 1. The maximum Gasteiger partial charge on any atom is 0.207 e. The lowest BCUT2D eigenvalue weighted by Gasteiger charge is -2.32. The van der Waals surface area contributed by atoms with Crippen LogP contribution in [-0.4, -0.2) is 11.4 Å². The van der Waals surface area contributed by atoms with Crippen LogP contribution in [0.2, 0.25) is 0 Å². The molecule has 0 N–H and O–H groups in total. The van der Waals surface area contributed by atoms with Gasteiger partial charge in [-0.05, 0) is 46.2 Å². The summed E-state index contributed by atoms with van der Waals surface area (Å²) in [6.07, 6.45) is 2.31. The Morgan fingerprint density at radius 2 is 1.81 bits per heavy atom. The first kappa shape index (κ1) is 16.6. The SMILES string of the molecule is CC(C)(C)c1ccc2c3c(ccc2c1)OC1(CCc2ccccc2C1=O)C3. The summed E-state index contributed by atoms with van der Waals surface area (Å²) in [6.45, 7) is 6.70. The summed E-state index contributed by atoms with van der Waals surface area (Å²) in [7, 11) is 0. The van der Waals surface area contributed by atoms with Crippen LogP contribution in [0.15, 0.2) is 54.6 Å². The highest BCUT2D eigenvalue weighted by molar-refractivity contribution is 6.06. The van der Waals surface area contributed by atoms with Crippen LogP contribution in [0.25, 0.3) is 10.8 Å². The summed E-state index contributed by atoms with van der Waals surface area (Å²) < 4.78 is 6.36. The van der Waals surface area contributed by atoms with Crippen LogP contribution in [0.4, 0.5) is 0 Å². The predicted molar refractivity (Wildman–Crippen MR) is 109 cm³/mol. The molecule has 0 aromatic heterocycles. The van der Waals surface area contributed by atoms with Crippen LogP contribution in [0, 0.1) is 0 Å². The number of fused-ring (bicyclic) bond motifs is 4. The molecule has 0 saturated heterocycles. The van der Waals surface area contributed by atoms with Crippen LogP contribution in [0.1, 0.15) is 54.2 Å². The highest BCUT2D eigenvalue weighted by atomic mass is 16.5. The van der Waals surface area contributed by atoms with Gasteiger partial charge in [0, 0.05) is 17.5 Å². The van der Waals surface area contributed by atoms with Crippen molar-refractivity contribution in [2.24, 2.45) is 0 Å². The number of carbonyl (C=O) groups excluding carboxylic acids is 1. The molecular formula is C25H24O2. The Morgan fingerprint density at radius 1 is 1.00 bits per heavy atom. The molecule has 3 aromatic carbocycles. The lowest BCUT2D eigenvalue weighted by Crippen LogP contribution is -2.46. The number of ether oxygens (including phenoxy) is 1. The molecule has 0 fully saturated rings. The molecule has 0 radical (unpaired) electrons. The van der Waals surface area contributed by atoms with Crippen LogP contribution in [0.3, 0.4) is 0 Å². The molecule has 2 aliphatic rings. The Balaban J connectivity index is 1.59. The van der Waals surface area contributed by atoms with Gasteiger partial charge in [0.15, 0.2) is 5.60 Å².